The predicted octanol–water partition coefficient (Wildman–Crippen LogP) is 1.35. The molecule has 0 aromatic heterocycles. The summed E-state index contributed by atoms with van der Waals surface area (Å²) in [6.07, 6.45) is 6.40. The molecular weight excluding hydrogens is 274 g/mol. The number of esters is 1. The molecule has 0 bridgehead atoms. The highest BCUT2D eigenvalue weighted by Gasteiger charge is 2.34. The van der Waals surface area contributed by atoms with Crippen LogP contribution in [-0.2, 0) is 19.1 Å². The normalized spacial score (nSPS) is 27.5. The summed E-state index contributed by atoms with van der Waals surface area (Å²) in [4.78, 5) is 36.7. The van der Waals surface area contributed by atoms with E-state index in [0.29, 0.717) is 25.8 Å². The Morgan fingerprint density at radius 1 is 1.38 bits per heavy atom. The third-order valence-electron chi connectivity index (χ3n) is 3.97. The molecule has 1 fully saturated rings. The summed E-state index contributed by atoms with van der Waals surface area (Å²) in [5.74, 6) is -1.88. The lowest BCUT2D eigenvalue weighted by Crippen LogP contribution is -2.42. The lowest BCUT2D eigenvalue weighted by Gasteiger charge is -2.28. The molecule has 1 saturated heterocycles. The predicted molar refractivity (Wildman–Crippen MR) is 74.4 cm³/mol. The average Bonchev–Trinajstić information content (AvgIpc) is 2.89. The molecule has 2 heterocycles. The van der Waals surface area contributed by atoms with Gasteiger partial charge in [-0.25, -0.2) is 0 Å². The Morgan fingerprint density at radius 3 is 2.95 bits per heavy atom. The third kappa shape index (κ3) is 4.31. The summed E-state index contributed by atoms with van der Waals surface area (Å²) in [6, 6.07) is -0.110. The Balaban J connectivity index is 2.14. The fourth-order valence-corrected chi connectivity index (χ4v) is 2.86. The first-order valence-electron chi connectivity index (χ1n) is 7.41. The molecule has 116 valence electrons. The van der Waals surface area contributed by atoms with E-state index in [0.717, 1.165) is 12.8 Å². The lowest BCUT2D eigenvalue weighted by atomic mass is 9.98. The van der Waals surface area contributed by atoms with Gasteiger partial charge in [0.05, 0.1) is 18.4 Å². The van der Waals surface area contributed by atoms with Crippen molar-refractivity contribution in [3.05, 3.63) is 12.2 Å². The first-order valence-corrected chi connectivity index (χ1v) is 7.41. The molecule has 2 aliphatic rings. The van der Waals surface area contributed by atoms with Crippen molar-refractivity contribution in [3.63, 3.8) is 0 Å². The minimum atomic E-state index is -0.962. The molecule has 0 unspecified atom stereocenters. The third-order valence-corrected chi connectivity index (χ3v) is 3.97. The summed E-state index contributed by atoms with van der Waals surface area (Å²) in [5.41, 5.74) is 0. The Morgan fingerprint density at radius 2 is 2.19 bits per heavy atom. The van der Waals surface area contributed by atoms with Crippen LogP contribution in [0.2, 0.25) is 0 Å². The second-order valence-electron chi connectivity index (χ2n) is 5.55. The van der Waals surface area contributed by atoms with Crippen molar-refractivity contribution in [1.29, 1.82) is 0 Å². The van der Waals surface area contributed by atoms with Crippen LogP contribution < -0.4 is 0 Å². The molecule has 1 amide bonds. The molecule has 2 aliphatic heterocycles. The minimum Gasteiger partial charge on any atom is -0.481 e. The van der Waals surface area contributed by atoms with E-state index >= 15 is 0 Å². The van der Waals surface area contributed by atoms with E-state index in [1.54, 1.807) is 11.0 Å². The second-order valence-corrected chi connectivity index (χ2v) is 5.55. The molecule has 2 atom stereocenters. The van der Waals surface area contributed by atoms with Gasteiger partial charge in [0.25, 0.3) is 0 Å². The van der Waals surface area contributed by atoms with E-state index < -0.39 is 11.9 Å². The number of hydrogen-bond acceptors (Lipinski definition) is 4. The summed E-state index contributed by atoms with van der Waals surface area (Å²) >= 11 is 0. The summed E-state index contributed by atoms with van der Waals surface area (Å²) in [6.45, 7) is 0.828. The van der Waals surface area contributed by atoms with Crippen molar-refractivity contribution in [1.82, 2.24) is 4.90 Å². The van der Waals surface area contributed by atoms with E-state index in [2.05, 4.69) is 0 Å². The topological polar surface area (TPSA) is 83.9 Å². The van der Waals surface area contributed by atoms with E-state index in [-0.39, 0.29) is 30.9 Å². The van der Waals surface area contributed by atoms with Crippen LogP contribution in [0.4, 0.5) is 0 Å². The number of carbonyl (C=O) groups is 3. The van der Waals surface area contributed by atoms with E-state index in [4.69, 9.17) is 9.84 Å². The van der Waals surface area contributed by atoms with Gasteiger partial charge in [-0.3, -0.25) is 14.4 Å². The lowest BCUT2D eigenvalue weighted by molar-refractivity contribution is -0.149. The van der Waals surface area contributed by atoms with Crippen molar-refractivity contribution in [3.8, 4) is 0 Å². The van der Waals surface area contributed by atoms with Gasteiger partial charge in [-0.05, 0) is 25.7 Å². The van der Waals surface area contributed by atoms with Crippen molar-refractivity contribution < 1.29 is 24.2 Å². The SMILES string of the molecule is O=C(O)C[C@@H]1CC=CCCC(=O)OC[C@@H]2CCCN2C1=O. The number of nitrogens with zero attached hydrogens (tertiary/aromatic N) is 1. The maximum atomic E-state index is 12.5. The standard InChI is InChI=1S/C15H21NO5/c17-13(18)9-11-5-2-1-3-7-14(19)21-10-12-6-4-8-16(12)15(11)20/h1-2,11-12H,3-10H2,(H,17,18)/t11-,12-/m0/s1. The van der Waals surface area contributed by atoms with Crippen LogP contribution in [0.1, 0.15) is 38.5 Å². The molecule has 21 heavy (non-hydrogen) atoms. The number of ether oxygens (including phenoxy) is 1. The van der Waals surface area contributed by atoms with Gasteiger partial charge in [-0.15, -0.1) is 0 Å². The number of carbonyl (C=O) groups excluding carboxylic acids is 2. The van der Waals surface area contributed by atoms with Crippen LogP contribution in [0, 0.1) is 5.92 Å². The smallest absolute Gasteiger partial charge is 0.306 e. The molecule has 0 aromatic rings. The number of amides is 1. The van der Waals surface area contributed by atoms with Gasteiger partial charge in [0.1, 0.15) is 6.61 Å². The van der Waals surface area contributed by atoms with E-state index in [9.17, 15) is 14.4 Å². The Kier molecular flexibility index (Phi) is 5.36. The minimum absolute atomic E-state index is 0.110. The van der Waals surface area contributed by atoms with E-state index in [1.807, 2.05) is 6.08 Å². The Bertz CT molecular complexity index is 445. The fraction of sp³-hybridized carbons (Fsp3) is 0.667. The molecule has 2 rings (SSSR count). The van der Waals surface area contributed by atoms with Crippen LogP contribution in [0.15, 0.2) is 12.2 Å². The van der Waals surface area contributed by atoms with Crippen LogP contribution in [0.3, 0.4) is 0 Å². The van der Waals surface area contributed by atoms with Crippen molar-refractivity contribution in [2.75, 3.05) is 13.2 Å². The van der Waals surface area contributed by atoms with Gasteiger partial charge in [0.15, 0.2) is 0 Å². The molecule has 0 aromatic carbocycles. The molecular formula is C15H21NO5. The highest BCUT2D eigenvalue weighted by Crippen LogP contribution is 2.24. The first-order chi connectivity index (χ1) is 10.1. The number of cyclic esters (lactones) is 1. The summed E-state index contributed by atoms with van der Waals surface area (Å²) < 4.78 is 5.21. The van der Waals surface area contributed by atoms with Gasteiger partial charge < -0.3 is 14.7 Å². The highest BCUT2D eigenvalue weighted by molar-refractivity contribution is 5.84. The van der Waals surface area contributed by atoms with Crippen LogP contribution in [0.5, 0.6) is 0 Å². The van der Waals surface area contributed by atoms with E-state index in [1.165, 1.54) is 0 Å². The number of fused-ring (bicyclic) bond motifs is 1. The van der Waals surface area contributed by atoms with Crippen LogP contribution in [-0.4, -0.2) is 47.0 Å². The number of carboxylic acid groups (broad SMARTS) is 1. The number of rotatable bonds is 2. The zero-order chi connectivity index (χ0) is 15.2. The van der Waals surface area contributed by atoms with Gasteiger partial charge in [0, 0.05) is 13.0 Å². The fourth-order valence-electron chi connectivity index (χ4n) is 2.86. The van der Waals surface area contributed by atoms with Gasteiger partial charge in [-0.1, -0.05) is 12.2 Å². The maximum Gasteiger partial charge on any atom is 0.306 e. The monoisotopic (exact) mass is 295 g/mol. The molecule has 0 aliphatic carbocycles. The van der Waals surface area contributed by atoms with Gasteiger partial charge >= 0.3 is 11.9 Å². The van der Waals surface area contributed by atoms with Gasteiger partial charge in [-0.2, -0.15) is 0 Å². The molecule has 0 spiro atoms. The number of aliphatic carboxylic acids is 1. The maximum absolute atomic E-state index is 12.5. The molecule has 1 N–H and O–H groups in total. The second kappa shape index (κ2) is 7.24. The zero-order valence-corrected chi connectivity index (χ0v) is 12.0. The summed E-state index contributed by atoms with van der Waals surface area (Å²) in [7, 11) is 0. The highest BCUT2D eigenvalue weighted by atomic mass is 16.5. The van der Waals surface area contributed by atoms with Crippen molar-refractivity contribution in [2.24, 2.45) is 5.92 Å². The summed E-state index contributed by atoms with van der Waals surface area (Å²) in [5, 5.41) is 8.98. The van der Waals surface area contributed by atoms with Crippen molar-refractivity contribution in [2.45, 2.75) is 44.6 Å². The van der Waals surface area contributed by atoms with Crippen LogP contribution >= 0.6 is 0 Å². The Labute approximate surface area is 123 Å². The van der Waals surface area contributed by atoms with Gasteiger partial charge in [0.2, 0.25) is 5.91 Å². The largest absolute Gasteiger partial charge is 0.481 e. The molecule has 0 radical (unpaired) electrons. The van der Waals surface area contributed by atoms with Crippen LogP contribution in [0.25, 0.3) is 0 Å². The van der Waals surface area contributed by atoms with Crippen molar-refractivity contribution >= 4 is 17.8 Å². The number of carboxylic acids is 1. The Hall–Kier alpha value is -1.85. The quantitative estimate of drug-likeness (QED) is 0.614. The molecule has 0 saturated carbocycles. The average molecular weight is 295 g/mol. The first kappa shape index (κ1) is 15.5. The zero-order valence-electron chi connectivity index (χ0n) is 12.0. The molecule has 6 heteroatoms. The molecule has 6 nitrogen and oxygen atoms in total. The number of allylic oxidation sites excluding steroid dienone is 2. The number of hydrogen-bond donors (Lipinski definition) is 1.